The van der Waals surface area contributed by atoms with Crippen LogP contribution in [0, 0.1) is 0 Å². The number of fused-ring (bicyclic) bond motifs is 9. The van der Waals surface area contributed by atoms with Crippen LogP contribution in [-0.4, -0.2) is 15.8 Å². The van der Waals surface area contributed by atoms with E-state index in [0.717, 1.165) is 22.7 Å². The van der Waals surface area contributed by atoms with Gasteiger partial charge in [0.15, 0.2) is 0 Å². The van der Waals surface area contributed by atoms with Crippen LogP contribution in [0.4, 0.5) is 34.1 Å². The number of nitrogens with zero attached hydrogens (tertiary/aromatic N) is 4. The Bertz CT molecular complexity index is 3380. The van der Waals surface area contributed by atoms with Crippen molar-refractivity contribution in [1.29, 1.82) is 0 Å². The molecule has 0 saturated carbocycles. The number of benzene rings is 8. The van der Waals surface area contributed by atoms with Gasteiger partial charge in [0, 0.05) is 50.6 Å². The lowest BCUT2D eigenvalue weighted by Crippen LogP contribution is -2.60. The van der Waals surface area contributed by atoms with Crippen LogP contribution in [0.2, 0.25) is 0 Å². The molecule has 0 unspecified atom stereocenters. The molecule has 0 spiro atoms. The molecule has 2 aliphatic heterocycles. The predicted molar refractivity (Wildman–Crippen MR) is 269 cm³/mol. The van der Waals surface area contributed by atoms with Gasteiger partial charge in [-0.05, 0) is 111 Å². The average molecular weight is 813 g/mol. The lowest BCUT2D eigenvalue weighted by atomic mass is 9.33. The van der Waals surface area contributed by atoms with Crippen molar-refractivity contribution in [2.75, 3.05) is 9.80 Å². The lowest BCUT2D eigenvalue weighted by molar-refractivity contribution is 0.590. The molecule has 2 aromatic heterocycles. The molecule has 8 aromatic carbocycles. The zero-order valence-electron chi connectivity index (χ0n) is 36.8. The normalized spacial score (nSPS) is 13.2. The number of rotatable bonds is 5. The first-order valence-electron chi connectivity index (χ1n) is 22.3. The van der Waals surface area contributed by atoms with Gasteiger partial charge >= 0.3 is 0 Å². The van der Waals surface area contributed by atoms with E-state index in [0.29, 0.717) is 0 Å². The summed E-state index contributed by atoms with van der Waals surface area (Å²) >= 11 is 0. The van der Waals surface area contributed by atoms with Crippen molar-refractivity contribution in [2.45, 2.75) is 52.4 Å². The number of hydrogen-bond acceptors (Lipinski definition) is 2. The maximum Gasteiger partial charge on any atom is 0.252 e. The van der Waals surface area contributed by atoms with E-state index in [1.165, 1.54) is 83.1 Å². The summed E-state index contributed by atoms with van der Waals surface area (Å²) in [4.78, 5) is 5.02. The highest BCUT2D eigenvalue weighted by Crippen LogP contribution is 2.48. The van der Waals surface area contributed by atoms with Crippen LogP contribution < -0.4 is 26.2 Å². The largest absolute Gasteiger partial charge is 0.311 e. The molecule has 0 bridgehead atoms. The third kappa shape index (κ3) is 5.62. The highest BCUT2D eigenvalue weighted by atomic mass is 15.2. The quantitative estimate of drug-likeness (QED) is 0.161. The molecule has 0 radical (unpaired) electrons. The van der Waals surface area contributed by atoms with Crippen molar-refractivity contribution in [3.63, 3.8) is 0 Å². The Morgan fingerprint density at radius 1 is 0.397 bits per heavy atom. The molecule has 0 saturated heterocycles. The van der Waals surface area contributed by atoms with E-state index in [1.807, 2.05) is 0 Å². The van der Waals surface area contributed by atoms with Crippen LogP contribution in [-0.2, 0) is 10.8 Å². The highest BCUT2D eigenvalue weighted by Gasteiger charge is 2.44. The molecule has 0 atom stereocenters. The van der Waals surface area contributed by atoms with Crippen LogP contribution >= 0.6 is 0 Å². The Morgan fingerprint density at radius 3 is 1.67 bits per heavy atom. The summed E-state index contributed by atoms with van der Waals surface area (Å²) < 4.78 is 5.12. The van der Waals surface area contributed by atoms with Crippen LogP contribution in [0.1, 0.15) is 52.7 Å². The Morgan fingerprint density at radius 2 is 0.968 bits per heavy atom. The molecular formula is C58H49BN4. The van der Waals surface area contributed by atoms with E-state index in [9.17, 15) is 0 Å². The van der Waals surface area contributed by atoms with Gasteiger partial charge in [0.2, 0.25) is 0 Å². The SMILES string of the molecule is CC(C)(C)c1cccc(N2c3cc(C(C)(C)C)ccc3B3c4c2cc(N(c2ccccc2)c2ccccc2)cc4-n2c4c3cccc4c3c2c2ccccc2n3-c2ccccc2)c1. The van der Waals surface area contributed by atoms with Gasteiger partial charge in [0.05, 0.1) is 27.8 Å². The third-order valence-electron chi connectivity index (χ3n) is 13.5. The fraction of sp³-hybridized carbons (Fsp3) is 0.138. The van der Waals surface area contributed by atoms with Gasteiger partial charge in [-0.3, -0.25) is 0 Å². The Labute approximate surface area is 370 Å². The summed E-state index contributed by atoms with van der Waals surface area (Å²) in [6.45, 7) is 13.9. The lowest BCUT2D eigenvalue weighted by Gasteiger charge is -2.42. The minimum absolute atomic E-state index is 0.00339. The fourth-order valence-corrected chi connectivity index (χ4v) is 10.6. The smallest absolute Gasteiger partial charge is 0.252 e. The van der Waals surface area contributed by atoms with Gasteiger partial charge in [-0.15, -0.1) is 0 Å². The van der Waals surface area contributed by atoms with E-state index in [-0.39, 0.29) is 17.5 Å². The maximum absolute atomic E-state index is 2.63. The van der Waals surface area contributed by atoms with Crippen molar-refractivity contribution in [1.82, 2.24) is 9.13 Å². The number of para-hydroxylation sites is 5. The topological polar surface area (TPSA) is 16.3 Å². The number of aromatic nitrogens is 2. The van der Waals surface area contributed by atoms with E-state index >= 15 is 0 Å². The molecule has 304 valence electrons. The summed E-state index contributed by atoms with van der Waals surface area (Å²) in [5, 5.41) is 2.50. The van der Waals surface area contributed by atoms with Gasteiger partial charge in [-0.2, -0.15) is 0 Å². The molecule has 2 aliphatic rings. The van der Waals surface area contributed by atoms with Crippen LogP contribution in [0.15, 0.2) is 188 Å². The molecule has 63 heavy (non-hydrogen) atoms. The van der Waals surface area contributed by atoms with Crippen LogP contribution in [0.25, 0.3) is 44.2 Å². The first kappa shape index (κ1) is 37.5. The molecule has 0 fully saturated rings. The fourth-order valence-electron chi connectivity index (χ4n) is 10.6. The average Bonchev–Trinajstić information content (AvgIpc) is 3.82. The second-order valence-electron chi connectivity index (χ2n) is 19.5. The van der Waals surface area contributed by atoms with Crippen molar-refractivity contribution in [3.05, 3.63) is 199 Å². The first-order valence-corrected chi connectivity index (χ1v) is 22.3. The molecule has 0 amide bonds. The van der Waals surface area contributed by atoms with E-state index in [1.54, 1.807) is 0 Å². The zero-order valence-corrected chi connectivity index (χ0v) is 36.8. The zero-order chi connectivity index (χ0) is 42.8. The van der Waals surface area contributed by atoms with E-state index in [4.69, 9.17) is 0 Å². The molecular weight excluding hydrogens is 763 g/mol. The first-order chi connectivity index (χ1) is 30.6. The second kappa shape index (κ2) is 13.6. The summed E-state index contributed by atoms with van der Waals surface area (Å²) in [5.41, 5.74) is 20.8. The van der Waals surface area contributed by atoms with E-state index < -0.39 is 0 Å². The highest BCUT2D eigenvalue weighted by molar-refractivity contribution is 7.00. The number of hydrogen-bond donors (Lipinski definition) is 0. The summed E-state index contributed by atoms with van der Waals surface area (Å²) in [6.07, 6.45) is 0. The molecule has 0 aliphatic carbocycles. The molecule has 10 aromatic rings. The third-order valence-corrected chi connectivity index (χ3v) is 13.5. The van der Waals surface area contributed by atoms with Crippen LogP contribution in [0.3, 0.4) is 0 Å². The molecule has 4 heterocycles. The van der Waals surface area contributed by atoms with Crippen molar-refractivity contribution in [3.8, 4) is 11.4 Å². The summed E-state index contributed by atoms with van der Waals surface area (Å²) in [5.74, 6) is 0. The van der Waals surface area contributed by atoms with Crippen LogP contribution in [0.5, 0.6) is 0 Å². The van der Waals surface area contributed by atoms with Gasteiger partial charge in [0.1, 0.15) is 0 Å². The molecule has 12 rings (SSSR count). The van der Waals surface area contributed by atoms with Crippen molar-refractivity contribution in [2.24, 2.45) is 0 Å². The monoisotopic (exact) mass is 812 g/mol. The minimum atomic E-state index is -0.0466. The van der Waals surface area contributed by atoms with Gasteiger partial charge in [-0.1, -0.05) is 157 Å². The second-order valence-corrected chi connectivity index (χ2v) is 19.5. The van der Waals surface area contributed by atoms with Gasteiger partial charge < -0.3 is 18.9 Å². The summed E-state index contributed by atoms with van der Waals surface area (Å²) in [6, 6.07) is 70.1. The molecule has 4 nitrogen and oxygen atoms in total. The molecule has 0 N–H and O–H groups in total. The maximum atomic E-state index is 2.63. The van der Waals surface area contributed by atoms with Gasteiger partial charge in [0.25, 0.3) is 6.71 Å². The van der Waals surface area contributed by atoms with Crippen molar-refractivity contribution < 1.29 is 0 Å². The standard InChI is InChI=1S/C58H49BN4/c1-57(2,3)38-20-18-27-43(34-38)61-50-35-39(58(4,5)6)32-33-47(50)59-48-30-19-29-46-54(48)63(55-45-28-16-17-31-49(45)62(56(46)55)42-25-14-9-15-26-42)52-37-44(36-51(61)53(52)59)60(40-21-10-7-11-22-40)41-23-12-8-13-24-41/h7-37H,1-6H3. The molecule has 5 heteroatoms. The Balaban J connectivity index is 1.28. The Kier molecular flexibility index (Phi) is 8.12. The van der Waals surface area contributed by atoms with Crippen molar-refractivity contribution >= 4 is 90.1 Å². The number of anilines is 6. The van der Waals surface area contributed by atoms with Gasteiger partial charge in [-0.25, -0.2) is 0 Å². The Hall–Kier alpha value is -7.24. The minimum Gasteiger partial charge on any atom is -0.311 e. The summed E-state index contributed by atoms with van der Waals surface area (Å²) in [7, 11) is 0. The predicted octanol–water partition coefficient (Wildman–Crippen LogP) is 13.4. The van der Waals surface area contributed by atoms with E-state index in [2.05, 4.69) is 249 Å².